The highest BCUT2D eigenvalue weighted by Gasteiger charge is 2.21. The number of alkyl halides is 1. The molecular weight excluding hydrogens is 421 g/mol. The maximum absolute atomic E-state index is 11.6. The molecule has 0 aliphatic rings. The number of amides is 1. The fourth-order valence-electron chi connectivity index (χ4n) is 1.54. The summed E-state index contributed by atoms with van der Waals surface area (Å²) in [6, 6.07) is 3.73. The fraction of sp³-hybridized carbons (Fsp3) is 0.562. The smallest absolute Gasteiger partial charge is 0.415 e. The molecule has 0 saturated carbocycles. The lowest BCUT2D eigenvalue weighted by Gasteiger charge is -2.23. The monoisotopic (exact) mass is 449 g/mol. The lowest BCUT2D eigenvalue weighted by molar-refractivity contribution is 0.0588. The van der Waals surface area contributed by atoms with Gasteiger partial charge in [0.1, 0.15) is 5.60 Å². The number of carbonyl (C=O) groups excluding carboxylic acids is 1. The lowest BCUT2D eigenvalue weighted by Crippen LogP contribution is -2.34. The van der Waals surface area contributed by atoms with Crippen LogP contribution in [0.25, 0.3) is 0 Å². The molecule has 0 atom stereocenters. The molecule has 2 aromatic rings. The van der Waals surface area contributed by atoms with Gasteiger partial charge in [-0.25, -0.2) is 4.79 Å². The Bertz CT molecular complexity index is 600. The number of carbonyl (C=O) groups is 1. The predicted molar refractivity (Wildman–Crippen MR) is 106 cm³/mol. The minimum atomic E-state index is -0.486. The van der Waals surface area contributed by atoms with Crippen molar-refractivity contribution in [1.82, 2.24) is 19.6 Å². The summed E-state index contributed by atoms with van der Waals surface area (Å²) in [4.78, 5) is 15.0. The van der Waals surface area contributed by atoms with Crippen LogP contribution in [-0.4, -0.2) is 43.2 Å². The van der Waals surface area contributed by atoms with E-state index in [2.05, 4.69) is 32.8 Å². The Morgan fingerprint density at radius 1 is 1.12 bits per heavy atom. The molecule has 1 amide bonds. The molecular formula is C16H28IN5O2. The van der Waals surface area contributed by atoms with Crippen molar-refractivity contribution in [2.75, 3.05) is 16.9 Å². The predicted octanol–water partition coefficient (Wildman–Crippen LogP) is 3.57. The molecule has 0 aromatic carbocycles. The third-order valence-corrected chi connectivity index (χ3v) is 2.56. The molecule has 136 valence electrons. The second-order valence-electron chi connectivity index (χ2n) is 6.02. The Labute approximate surface area is 158 Å². The fourth-order valence-corrected chi connectivity index (χ4v) is 1.54. The van der Waals surface area contributed by atoms with Crippen molar-refractivity contribution >= 4 is 34.5 Å². The van der Waals surface area contributed by atoms with E-state index in [1.54, 1.807) is 35.7 Å². The van der Waals surface area contributed by atoms with Crippen molar-refractivity contribution in [3.05, 3.63) is 30.2 Å². The highest BCUT2D eigenvalue weighted by atomic mass is 127. The summed E-state index contributed by atoms with van der Waals surface area (Å²) in [5.41, 5.74) is 0.586. The summed E-state index contributed by atoms with van der Waals surface area (Å²) < 4.78 is 8.62. The Morgan fingerprint density at radius 2 is 1.62 bits per heavy atom. The standard InChI is InChI=1S/C10H17N3O2.C5H8N2.CH3I/c1-10(2,3)15-9(14)13(5)8-6-7-12(4)11-8;1-5-3-4-7(2)6-5;1-2/h6-7H,1-5H3;3-4H,1-2H3;1H3. The summed E-state index contributed by atoms with van der Waals surface area (Å²) in [5, 5.41) is 8.13. The van der Waals surface area contributed by atoms with Crippen molar-refractivity contribution in [3.8, 4) is 0 Å². The third-order valence-electron chi connectivity index (χ3n) is 2.56. The van der Waals surface area contributed by atoms with E-state index < -0.39 is 11.7 Å². The Balaban J connectivity index is 0.000000488. The SMILES string of the molecule is CI.CN(C(=O)OC(C)(C)C)c1ccn(C)n1.Cc1ccn(C)n1. The lowest BCUT2D eigenvalue weighted by atomic mass is 10.2. The molecule has 0 fully saturated rings. The zero-order valence-electron chi connectivity index (χ0n) is 15.7. The first-order valence-corrected chi connectivity index (χ1v) is 9.54. The Hall–Kier alpha value is -1.58. The Morgan fingerprint density at radius 3 is 1.92 bits per heavy atom. The number of nitrogens with zero attached hydrogens (tertiary/aromatic N) is 5. The average Bonchev–Trinajstić information content (AvgIpc) is 3.07. The van der Waals surface area contributed by atoms with Gasteiger partial charge in [-0.15, -0.1) is 0 Å². The highest BCUT2D eigenvalue weighted by molar-refractivity contribution is 14.1. The van der Waals surface area contributed by atoms with E-state index in [-0.39, 0.29) is 0 Å². The number of anilines is 1. The zero-order valence-corrected chi connectivity index (χ0v) is 17.9. The van der Waals surface area contributed by atoms with Crippen LogP contribution in [0.15, 0.2) is 24.5 Å². The molecule has 2 aromatic heterocycles. The van der Waals surface area contributed by atoms with Crippen LogP contribution >= 0.6 is 22.6 Å². The molecule has 0 aliphatic carbocycles. The van der Waals surface area contributed by atoms with Crippen molar-refractivity contribution < 1.29 is 9.53 Å². The average molecular weight is 449 g/mol. The normalized spacial score (nSPS) is 10.0. The van der Waals surface area contributed by atoms with Gasteiger partial charge in [0.15, 0.2) is 5.82 Å². The zero-order chi connectivity index (χ0) is 18.9. The summed E-state index contributed by atoms with van der Waals surface area (Å²) in [7, 11) is 5.34. The molecule has 7 nitrogen and oxygen atoms in total. The minimum Gasteiger partial charge on any atom is -0.443 e. The minimum absolute atomic E-state index is 0.402. The Kier molecular flexibility index (Phi) is 9.64. The van der Waals surface area contributed by atoms with Crippen LogP contribution in [0.1, 0.15) is 26.5 Å². The van der Waals surface area contributed by atoms with Gasteiger partial charge in [0.05, 0.1) is 5.69 Å². The van der Waals surface area contributed by atoms with Crippen LogP contribution in [0.5, 0.6) is 0 Å². The highest BCUT2D eigenvalue weighted by Crippen LogP contribution is 2.13. The number of aryl methyl sites for hydroxylation is 3. The molecule has 24 heavy (non-hydrogen) atoms. The van der Waals surface area contributed by atoms with E-state index in [9.17, 15) is 4.79 Å². The number of aromatic nitrogens is 4. The molecule has 8 heteroatoms. The van der Waals surface area contributed by atoms with Crippen LogP contribution < -0.4 is 4.90 Å². The van der Waals surface area contributed by atoms with Gasteiger partial charge in [-0.1, -0.05) is 22.6 Å². The van der Waals surface area contributed by atoms with E-state index in [0.717, 1.165) is 5.69 Å². The van der Waals surface area contributed by atoms with Crippen LogP contribution in [0, 0.1) is 6.92 Å². The van der Waals surface area contributed by atoms with E-state index >= 15 is 0 Å². The number of rotatable bonds is 1. The van der Waals surface area contributed by atoms with Gasteiger partial charge in [-0.2, -0.15) is 10.2 Å². The molecule has 0 bridgehead atoms. The molecule has 0 unspecified atom stereocenters. The molecule has 0 N–H and O–H groups in total. The molecule has 2 heterocycles. The maximum atomic E-state index is 11.6. The van der Waals surface area contributed by atoms with Crippen LogP contribution in [0.2, 0.25) is 0 Å². The first kappa shape index (κ1) is 22.4. The van der Waals surface area contributed by atoms with Gasteiger partial charge in [-0.05, 0) is 38.7 Å². The quantitative estimate of drug-likeness (QED) is 0.493. The summed E-state index contributed by atoms with van der Waals surface area (Å²) in [6.45, 7) is 7.46. The van der Waals surface area contributed by atoms with Crippen molar-refractivity contribution in [3.63, 3.8) is 0 Å². The van der Waals surface area contributed by atoms with E-state index in [1.807, 2.05) is 51.9 Å². The van der Waals surface area contributed by atoms with Crippen LogP contribution in [0.3, 0.4) is 0 Å². The molecule has 0 radical (unpaired) electrons. The van der Waals surface area contributed by atoms with Crippen molar-refractivity contribution in [2.45, 2.75) is 33.3 Å². The van der Waals surface area contributed by atoms with Crippen molar-refractivity contribution in [2.24, 2.45) is 14.1 Å². The number of hydrogen-bond donors (Lipinski definition) is 0. The van der Waals surface area contributed by atoms with Gasteiger partial charge in [0, 0.05) is 39.6 Å². The molecule has 2 rings (SSSR count). The first-order chi connectivity index (χ1) is 11.1. The molecule has 0 spiro atoms. The summed E-state index contributed by atoms with van der Waals surface area (Å²) in [5.74, 6) is 0.576. The van der Waals surface area contributed by atoms with Crippen LogP contribution in [0.4, 0.5) is 10.6 Å². The van der Waals surface area contributed by atoms with Gasteiger partial charge in [0.25, 0.3) is 0 Å². The summed E-state index contributed by atoms with van der Waals surface area (Å²) in [6.07, 6.45) is 3.30. The van der Waals surface area contributed by atoms with E-state index in [1.165, 1.54) is 4.90 Å². The van der Waals surface area contributed by atoms with Gasteiger partial charge < -0.3 is 4.74 Å². The van der Waals surface area contributed by atoms with Crippen molar-refractivity contribution in [1.29, 1.82) is 0 Å². The summed E-state index contributed by atoms with van der Waals surface area (Å²) >= 11 is 2.15. The first-order valence-electron chi connectivity index (χ1n) is 7.39. The number of ether oxygens (including phenoxy) is 1. The largest absolute Gasteiger partial charge is 0.443 e. The number of halogens is 1. The maximum Gasteiger partial charge on any atom is 0.415 e. The second kappa shape index (κ2) is 10.3. The van der Waals surface area contributed by atoms with Crippen LogP contribution in [-0.2, 0) is 18.8 Å². The topological polar surface area (TPSA) is 65.2 Å². The number of hydrogen-bond acceptors (Lipinski definition) is 4. The molecule has 0 aliphatic heterocycles. The molecule has 0 saturated heterocycles. The van der Waals surface area contributed by atoms with E-state index in [0.29, 0.717) is 5.82 Å². The van der Waals surface area contributed by atoms with Gasteiger partial charge in [-0.3, -0.25) is 14.3 Å². The van der Waals surface area contributed by atoms with E-state index in [4.69, 9.17) is 4.74 Å². The second-order valence-corrected chi connectivity index (χ2v) is 6.02. The third kappa shape index (κ3) is 8.90. The van der Waals surface area contributed by atoms with Gasteiger partial charge >= 0.3 is 6.09 Å². The van der Waals surface area contributed by atoms with Gasteiger partial charge in [0.2, 0.25) is 0 Å².